The van der Waals surface area contributed by atoms with Crippen LogP contribution in [0.25, 0.3) is 10.4 Å². The molecule has 1 saturated heterocycles. The molecule has 0 saturated carbocycles. The van der Waals surface area contributed by atoms with Crippen LogP contribution in [0.5, 0.6) is 0 Å². The number of rotatable bonds is 7. The molecule has 140 valence electrons. The Labute approximate surface area is 166 Å². The Morgan fingerprint density at radius 2 is 1.74 bits per heavy atom. The van der Waals surface area contributed by atoms with Crippen molar-refractivity contribution in [3.8, 4) is 0 Å². The first-order valence-electron chi connectivity index (χ1n) is 8.70. The highest BCUT2D eigenvalue weighted by atomic mass is 79.9. The average molecular weight is 429 g/mol. The second-order valence-electron chi connectivity index (χ2n) is 6.85. The predicted molar refractivity (Wildman–Crippen MR) is 107 cm³/mol. The lowest BCUT2D eigenvalue weighted by Gasteiger charge is -2.32. The van der Waals surface area contributed by atoms with Crippen molar-refractivity contribution in [1.29, 1.82) is 0 Å². The Morgan fingerprint density at radius 1 is 1.15 bits per heavy atom. The fourth-order valence-electron chi connectivity index (χ4n) is 3.39. The van der Waals surface area contributed by atoms with E-state index >= 15 is 0 Å². The summed E-state index contributed by atoms with van der Waals surface area (Å²) in [7, 11) is 0. The van der Waals surface area contributed by atoms with Crippen molar-refractivity contribution >= 4 is 21.8 Å². The van der Waals surface area contributed by atoms with E-state index in [4.69, 9.17) is 10.3 Å². The van der Waals surface area contributed by atoms with Gasteiger partial charge in [0.25, 0.3) is 5.91 Å². The number of amides is 1. The predicted octanol–water partition coefficient (Wildman–Crippen LogP) is 4.65. The molecule has 0 aromatic heterocycles. The second-order valence-corrected chi connectivity index (χ2v) is 7.41. The first-order valence-corrected chi connectivity index (χ1v) is 9.82. The Balaban J connectivity index is 1.87. The van der Waals surface area contributed by atoms with Crippen LogP contribution in [0.3, 0.4) is 0 Å². The molecular formula is C20H21BrN4O2. The molecule has 1 fully saturated rings. The van der Waals surface area contributed by atoms with E-state index in [2.05, 4.69) is 26.0 Å². The number of nitrogens with zero attached hydrogens (tertiary/aromatic N) is 4. The Hall–Kier alpha value is -2.34. The molecule has 0 unspecified atom stereocenters. The van der Waals surface area contributed by atoms with Gasteiger partial charge in [-0.05, 0) is 16.7 Å². The van der Waals surface area contributed by atoms with Gasteiger partial charge in [0.05, 0.1) is 6.61 Å². The molecule has 0 spiro atoms. The lowest BCUT2D eigenvalue weighted by molar-refractivity contribution is -0.141. The van der Waals surface area contributed by atoms with E-state index in [0.29, 0.717) is 18.5 Å². The van der Waals surface area contributed by atoms with E-state index in [1.165, 1.54) is 0 Å². The Bertz CT molecular complexity index is 826. The molecule has 2 aromatic rings. The maximum atomic E-state index is 13.2. The average Bonchev–Trinajstić information content (AvgIpc) is 2.90. The van der Waals surface area contributed by atoms with Crippen molar-refractivity contribution in [2.75, 3.05) is 5.33 Å². The maximum Gasteiger partial charge on any atom is 0.253 e. The fraction of sp³-hybridized carbons (Fsp3) is 0.350. The third kappa shape index (κ3) is 4.00. The monoisotopic (exact) mass is 428 g/mol. The molecule has 0 bridgehead atoms. The van der Waals surface area contributed by atoms with E-state index in [9.17, 15) is 4.79 Å². The summed E-state index contributed by atoms with van der Waals surface area (Å²) in [5.74, 6) is -0.158. The number of halogens is 1. The zero-order valence-corrected chi connectivity index (χ0v) is 16.6. The summed E-state index contributed by atoms with van der Waals surface area (Å²) in [6, 6.07) is 19.4. The summed E-state index contributed by atoms with van der Waals surface area (Å²) in [5, 5.41) is 4.43. The van der Waals surface area contributed by atoms with Crippen LogP contribution in [0.1, 0.15) is 18.1 Å². The van der Waals surface area contributed by atoms with Crippen LogP contribution in [-0.4, -0.2) is 28.4 Å². The minimum absolute atomic E-state index is 0.158. The van der Waals surface area contributed by atoms with E-state index in [1.807, 2.05) is 67.6 Å². The minimum Gasteiger partial charge on any atom is -0.363 e. The van der Waals surface area contributed by atoms with Gasteiger partial charge in [0.15, 0.2) is 0 Å². The van der Waals surface area contributed by atoms with Crippen LogP contribution in [-0.2, 0) is 22.7 Å². The van der Waals surface area contributed by atoms with Crippen molar-refractivity contribution in [2.45, 2.75) is 32.3 Å². The smallest absolute Gasteiger partial charge is 0.253 e. The molecule has 7 heteroatoms. The van der Waals surface area contributed by atoms with Gasteiger partial charge in [0, 0.05) is 22.2 Å². The van der Waals surface area contributed by atoms with Gasteiger partial charge in [-0.2, -0.15) is 0 Å². The summed E-state index contributed by atoms with van der Waals surface area (Å²) in [6.45, 7) is 2.61. The minimum atomic E-state index is -0.698. The first-order chi connectivity index (χ1) is 13.1. The topological polar surface area (TPSA) is 78.3 Å². The van der Waals surface area contributed by atoms with Crippen molar-refractivity contribution in [3.63, 3.8) is 0 Å². The normalized spacial score (nSPS) is 24.7. The lowest BCUT2D eigenvalue weighted by Crippen LogP contribution is -2.41. The Kier molecular flexibility index (Phi) is 6.16. The van der Waals surface area contributed by atoms with Crippen LogP contribution in [0.4, 0.5) is 0 Å². The van der Waals surface area contributed by atoms with Gasteiger partial charge < -0.3 is 9.64 Å². The molecule has 3 rings (SSSR count). The summed E-state index contributed by atoms with van der Waals surface area (Å²) in [4.78, 5) is 17.8. The van der Waals surface area contributed by atoms with Crippen molar-refractivity contribution in [1.82, 2.24) is 4.90 Å². The maximum absolute atomic E-state index is 13.2. The zero-order valence-electron chi connectivity index (χ0n) is 15.0. The van der Waals surface area contributed by atoms with E-state index in [-0.39, 0.29) is 5.91 Å². The summed E-state index contributed by atoms with van der Waals surface area (Å²) in [6.07, 6.45) is -1.33. The highest BCUT2D eigenvalue weighted by Crippen LogP contribution is 2.43. The zero-order chi connectivity index (χ0) is 19.3. The summed E-state index contributed by atoms with van der Waals surface area (Å²) in [5.41, 5.74) is 10.4. The number of azide groups is 1. The van der Waals surface area contributed by atoms with E-state index in [0.717, 1.165) is 11.1 Å². The number of likely N-dealkylation sites (tertiary alicyclic amines) is 1. The highest BCUT2D eigenvalue weighted by Gasteiger charge is 2.56. The summed E-state index contributed by atoms with van der Waals surface area (Å²) >= 11 is 3.51. The van der Waals surface area contributed by atoms with Crippen molar-refractivity contribution < 1.29 is 9.53 Å². The van der Waals surface area contributed by atoms with E-state index < -0.39 is 17.7 Å². The van der Waals surface area contributed by atoms with Crippen molar-refractivity contribution in [3.05, 3.63) is 82.2 Å². The van der Waals surface area contributed by atoms with Gasteiger partial charge >= 0.3 is 0 Å². The molecule has 1 amide bonds. The second kappa shape index (κ2) is 8.57. The molecule has 0 N–H and O–H groups in total. The van der Waals surface area contributed by atoms with Crippen molar-refractivity contribution in [2.24, 2.45) is 10.5 Å². The molecule has 6 nitrogen and oxygen atoms in total. The van der Waals surface area contributed by atoms with Crippen LogP contribution >= 0.6 is 15.9 Å². The third-order valence-electron chi connectivity index (χ3n) is 4.90. The van der Waals surface area contributed by atoms with Crippen LogP contribution < -0.4 is 0 Å². The van der Waals surface area contributed by atoms with Gasteiger partial charge in [-0.3, -0.25) is 4.79 Å². The largest absolute Gasteiger partial charge is 0.363 e. The lowest BCUT2D eigenvalue weighted by atomic mass is 9.86. The molecule has 1 heterocycles. The first kappa shape index (κ1) is 19.4. The van der Waals surface area contributed by atoms with E-state index in [1.54, 1.807) is 4.90 Å². The SMILES string of the molecule is C[C@@]1(CBr)[C@@H](OCc2ccccc2)C(=O)N(Cc2ccccc2)[C@@H]1N=[N+]=[N-]. The number of carbonyl (C=O) groups is 1. The number of hydrogen-bond acceptors (Lipinski definition) is 3. The van der Waals surface area contributed by atoms with Gasteiger partial charge in [-0.25, -0.2) is 0 Å². The molecule has 1 aliphatic heterocycles. The Morgan fingerprint density at radius 3 is 2.30 bits per heavy atom. The molecule has 0 aliphatic carbocycles. The standard InChI is InChI=1S/C20H21BrN4O2/c1-20(14-21)17(27-13-16-10-6-3-7-11-16)18(26)25(19(20)23-24-22)12-15-8-4-2-5-9-15/h2-11,17,19H,12-14H2,1H3/t17-,19-,20+/m0/s1. The number of carbonyl (C=O) groups excluding carboxylic acids is 1. The van der Waals surface area contributed by atoms with Gasteiger partial charge in [0.1, 0.15) is 12.3 Å². The molecule has 27 heavy (non-hydrogen) atoms. The quantitative estimate of drug-likeness (QED) is 0.278. The number of benzene rings is 2. The molecular weight excluding hydrogens is 408 g/mol. The van der Waals surface area contributed by atoms with Crippen LogP contribution in [0, 0.1) is 5.41 Å². The summed E-state index contributed by atoms with van der Waals surface area (Å²) < 4.78 is 6.05. The van der Waals surface area contributed by atoms with Crippen LogP contribution in [0.15, 0.2) is 65.8 Å². The molecule has 3 atom stereocenters. The fourth-order valence-corrected chi connectivity index (χ4v) is 3.97. The van der Waals surface area contributed by atoms with Gasteiger partial charge in [0.2, 0.25) is 0 Å². The molecule has 0 radical (unpaired) electrons. The number of hydrogen-bond donors (Lipinski definition) is 0. The number of alkyl halides is 1. The van der Waals surface area contributed by atoms with Gasteiger partial charge in [-0.15, -0.1) is 0 Å². The van der Waals surface area contributed by atoms with Gasteiger partial charge in [-0.1, -0.05) is 88.6 Å². The molecule has 2 aromatic carbocycles. The third-order valence-corrected chi connectivity index (χ3v) is 6.10. The number of ether oxygens (including phenoxy) is 1. The van der Waals surface area contributed by atoms with Crippen LogP contribution in [0.2, 0.25) is 0 Å². The molecule has 1 aliphatic rings. The highest BCUT2D eigenvalue weighted by molar-refractivity contribution is 9.09.